The van der Waals surface area contributed by atoms with E-state index >= 15 is 0 Å². The van der Waals surface area contributed by atoms with Crippen molar-refractivity contribution < 1.29 is 4.39 Å². The standard InChI is InChI=1S/C12H12FIN2/c1-2-3-8-6-11(15)9-4-7(13)5-10(14)12(9)16-8/h4-6H,2-3H2,1H3,(H2,15,16). The number of nitrogens with two attached hydrogens (primary N) is 1. The molecule has 0 fully saturated rings. The molecule has 1 aromatic heterocycles. The van der Waals surface area contributed by atoms with Gasteiger partial charge in [-0.25, -0.2) is 4.39 Å². The maximum atomic E-state index is 13.2. The molecule has 0 radical (unpaired) electrons. The number of nitrogen functional groups attached to an aromatic ring is 1. The molecule has 0 aliphatic carbocycles. The SMILES string of the molecule is CCCc1cc(N)c2cc(F)cc(I)c2n1. The number of aryl methyl sites for hydroxylation is 1. The smallest absolute Gasteiger partial charge is 0.125 e. The fraction of sp³-hybridized carbons (Fsp3) is 0.250. The van der Waals surface area contributed by atoms with Crippen LogP contribution in [0.5, 0.6) is 0 Å². The second-order valence-corrected chi connectivity index (χ2v) is 4.90. The van der Waals surface area contributed by atoms with E-state index in [-0.39, 0.29) is 5.82 Å². The van der Waals surface area contributed by atoms with E-state index in [1.807, 2.05) is 6.07 Å². The number of aromatic nitrogens is 1. The van der Waals surface area contributed by atoms with E-state index in [9.17, 15) is 4.39 Å². The van der Waals surface area contributed by atoms with Gasteiger partial charge in [0.05, 0.1) is 5.52 Å². The minimum absolute atomic E-state index is 0.270. The molecule has 1 aromatic carbocycles. The first-order valence-corrected chi connectivity index (χ1v) is 6.24. The molecule has 0 amide bonds. The van der Waals surface area contributed by atoms with Gasteiger partial charge >= 0.3 is 0 Å². The quantitative estimate of drug-likeness (QED) is 0.856. The molecule has 2 N–H and O–H groups in total. The lowest BCUT2D eigenvalue weighted by molar-refractivity contribution is 0.628. The second-order valence-electron chi connectivity index (χ2n) is 3.74. The summed E-state index contributed by atoms with van der Waals surface area (Å²) in [5, 5.41) is 0.698. The lowest BCUT2D eigenvalue weighted by Crippen LogP contribution is -1.97. The van der Waals surface area contributed by atoms with Crippen LogP contribution in [0.1, 0.15) is 19.0 Å². The highest BCUT2D eigenvalue weighted by Crippen LogP contribution is 2.26. The first kappa shape index (κ1) is 11.6. The van der Waals surface area contributed by atoms with Crippen molar-refractivity contribution in [1.82, 2.24) is 4.98 Å². The molecule has 4 heteroatoms. The van der Waals surface area contributed by atoms with Crippen LogP contribution < -0.4 is 5.73 Å². The molecule has 16 heavy (non-hydrogen) atoms. The number of nitrogens with zero attached hydrogens (tertiary/aromatic N) is 1. The van der Waals surface area contributed by atoms with Crippen molar-refractivity contribution in [3.63, 3.8) is 0 Å². The molecule has 0 bridgehead atoms. The Hall–Kier alpha value is -0.910. The van der Waals surface area contributed by atoms with Gasteiger partial charge in [0.1, 0.15) is 5.82 Å². The van der Waals surface area contributed by atoms with E-state index in [0.717, 1.165) is 27.6 Å². The minimum atomic E-state index is -0.270. The lowest BCUT2D eigenvalue weighted by atomic mass is 10.1. The number of anilines is 1. The number of hydrogen-bond acceptors (Lipinski definition) is 2. The molecule has 0 aliphatic heterocycles. The topological polar surface area (TPSA) is 38.9 Å². The van der Waals surface area contributed by atoms with Crippen molar-refractivity contribution in [2.24, 2.45) is 0 Å². The van der Waals surface area contributed by atoms with Crippen LogP contribution in [0.4, 0.5) is 10.1 Å². The maximum absolute atomic E-state index is 13.2. The van der Waals surface area contributed by atoms with Gasteiger partial charge in [0.15, 0.2) is 0 Å². The Morgan fingerprint density at radius 1 is 1.38 bits per heavy atom. The summed E-state index contributed by atoms with van der Waals surface area (Å²) in [6, 6.07) is 4.75. The Kier molecular flexibility index (Phi) is 3.28. The highest BCUT2D eigenvalue weighted by Gasteiger charge is 2.08. The van der Waals surface area contributed by atoms with Crippen molar-refractivity contribution in [2.75, 3.05) is 5.73 Å². The summed E-state index contributed by atoms with van der Waals surface area (Å²) in [4.78, 5) is 4.51. The van der Waals surface area contributed by atoms with Gasteiger partial charge in [0.2, 0.25) is 0 Å². The molecule has 2 nitrogen and oxygen atoms in total. The van der Waals surface area contributed by atoms with Crippen molar-refractivity contribution in [2.45, 2.75) is 19.8 Å². The van der Waals surface area contributed by atoms with Crippen molar-refractivity contribution in [3.8, 4) is 0 Å². The number of halogens is 2. The highest BCUT2D eigenvalue weighted by atomic mass is 127. The molecule has 0 saturated heterocycles. The largest absolute Gasteiger partial charge is 0.398 e. The molecule has 2 aromatic rings. The third kappa shape index (κ3) is 2.11. The maximum Gasteiger partial charge on any atom is 0.125 e. The monoisotopic (exact) mass is 330 g/mol. The van der Waals surface area contributed by atoms with Gasteiger partial charge in [0.25, 0.3) is 0 Å². The first-order valence-electron chi connectivity index (χ1n) is 5.16. The number of fused-ring (bicyclic) bond motifs is 1. The number of benzene rings is 1. The van der Waals surface area contributed by atoms with Crippen LogP contribution in [0.25, 0.3) is 10.9 Å². The summed E-state index contributed by atoms with van der Waals surface area (Å²) in [5.41, 5.74) is 8.28. The number of rotatable bonds is 2. The number of pyridine rings is 1. The van der Waals surface area contributed by atoms with Gasteiger partial charge in [-0.05, 0) is 47.2 Å². The average molecular weight is 330 g/mol. The third-order valence-electron chi connectivity index (χ3n) is 2.42. The summed E-state index contributed by atoms with van der Waals surface area (Å²) >= 11 is 2.09. The fourth-order valence-corrected chi connectivity index (χ4v) is 2.43. The van der Waals surface area contributed by atoms with E-state index in [1.54, 1.807) is 0 Å². The molecule has 0 saturated carbocycles. The van der Waals surface area contributed by atoms with Gasteiger partial charge in [-0.3, -0.25) is 4.98 Å². The molecule has 2 rings (SSSR count). The summed E-state index contributed by atoms with van der Waals surface area (Å²) in [6.45, 7) is 2.09. The van der Waals surface area contributed by atoms with Gasteiger partial charge < -0.3 is 5.73 Å². The average Bonchev–Trinajstić information content (AvgIpc) is 2.20. The van der Waals surface area contributed by atoms with E-state index in [0.29, 0.717) is 11.1 Å². The van der Waals surface area contributed by atoms with Crippen molar-refractivity contribution in [1.29, 1.82) is 0 Å². The predicted molar refractivity (Wildman–Crippen MR) is 72.8 cm³/mol. The molecule has 0 aliphatic rings. The van der Waals surface area contributed by atoms with Crippen LogP contribution in [-0.2, 0) is 6.42 Å². The summed E-state index contributed by atoms with van der Waals surface area (Å²) < 4.78 is 14.0. The van der Waals surface area contributed by atoms with Gasteiger partial charge in [-0.15, -0.1) is 0 Å². The van der Waals surface area contributed by atoms with Crippen LogP contribution in [0.2, 0.25) is 0 Å². The van der Waals surface area contributed by atoms with E-state index in [1.165, 1.54) is 12.1 Å². The molecule has 1 heterocycles. The van der Waals surface area contributed by atoms with Crippen LogP contribution in [0.15, 0.2) is 18.2 Å². The molecule has 0 spiro atoms. The highest BCUT2D eigenvalue weighted by molar-refractivity contribution is 14.1. The van der Waals surface area contributed by atoms with Crippen molar-refractivity contribution in [3.05, 3.63) is 33.3 Å². The molecule has 0 atom stereocenters. The lowest BCUT2D eigenvalue weighted by Gasteiger charge is -2.07. The minimum Gasteiger partial charge on any atom is -0.398 e. The third-order valence-corrected chi connectivity index (χ3v) is 3.25. The Balaban J connectivity index is 2.71. The Labute approximate surface area is 107 Å². The van der Waals surface area contributed by atoms with E-state index in [2.05, 4.69) is 34.5 Å². The zero-order chi connectivity index (χ0) is 11.7. The summed E-state index contributed by atoms with van der Waals surface area (Å²) in [7, 11) is 0. The van der Waals surface area contributed by atoms with Crippen LogP contribution in [0.3, 0.4) is 0 Å². The zero-order valence-electron chi connectivity index (χ0n) is 8.93. The first-order chi connectivity index (χ1) is 7.61. The number of hydrogen-bond donors (Lipinski definition) is 1. The van der Waals surface area contributed by atoms with Gasteiger partial charge in [-0.2, -0.15) is 0 Å². The van der Waals surface area contributed by atoms with E-state index < -0.39 is 0 Å². The van der Waals surface area contributed by atoms with Crippen LogP contribution in [0, 0.1) is 9.39 Å². The summed E-state index contributed by atoms with van der Waals surface area (Å²) in [6.07, 6.45) is 1.92. The Morgan fingerprint density at radius 3 is 2.81 bits per heavy atom. The normalized spacial score (nSPS) is 10.9. The van der Waals surface area contributed by atoms with Gasteiger partial charge in [-0.1, -0.05) is 13.3 Å². The van der Waals surface area contributed by atoms with Crippen LogP contribution >= 0.6 is 22.6 Å². The predicted octanol–water partition coefficient (Wildman–Crippen LogP) is 3.51. The van der Waals surface area contributed by atoms with E-state index in [4.69, 9.17) is 5.73 Å². The Morgan fingerprint density at radius 2 is 2.12 bits per heavy atom. The molecular weight excluding hydrogens is 318 g/mol. The fourth-order valence-electron chi connectivity index (χ4n) is 1.72. The molecule has 84 valence electrons. The zero-order valence-corrected chi connectivity index (χ0v) is 11.1. The molecular formula is C12H12FIN2. The Bertz CT molecular complexity index is 540. The summed E-state index contributed by atoms with van der Waals surface area (Å²) in [5.74, 6) is -0.270. The van der Waals surface area contributed by atoms with Crippen LogP contribution in [-0.4, -0.2) is 4.98 Å². The second kappa shape index (κ2) is 4.53. The molecule has 0 unspecified atom stereocenters. The van der Waals surface area contributed by atoms with Crippen molar-refractivity contribution >= 4 is 39.2 Å². The van der Waals surface area contributed by atoms with Gasteiger partial charge in [0, 0.05) is 20.3 Å².